The van der Waals surface area contributed by atoms with Gasteiger partial charge in [-0.15, -0.1) is 11.3 Å². The molecular formula is C15H16N2O5S2. The van der Waals surface area contributed by atoms with E-state index in [4.69, 9.17) is 0 Å². The molecule has 2 rings (SSSR count). The minimum absolute atomic E-state index is 0.00937. The van der Waals surface area contributed by atoms with Gasteiger partial charge in [0.1, 0.15) is 9.77 Å². The zero-order valence-corrected chi connectivity index (χ0v) is 14.7. The summed E-state index contributed by atoms with van der Waals surface area (Å²) in [6.45, 7) is 2.25. The molecule has 1 amide bonds. The normalized spacial score (nSPS) is 10.9. The molecule has 1 aromatic heterocycles. The number of hydrogen-bond donors (Lipinski definition) is 2. The van der Waals surface area contributed by atoms with E-state index in [1.165, 1.54) is 30.7 Å². The maximum absolute atomic E-state index is 12.5. The van der Waals surface area contributed by atoms with Crippen LogP contribution in [0.25, 0.3) is 0 Å². The molecule has 0 aliphatic heterocycles. The van der Waals surface area contributed by atoms with Gasteiger partial charge in [0, 0.05) is 17.8 Å². The van der Waals surface area contributed by atoms with Gasteiger partial charge in [-0.3, -0.25) is 9.52 Å². The van der Waals surface area contributed by atoms with Gasteiger partial charge in [0.05, 0.1) is 7.11 Å². The number of nitrogens with one attached hydrogen (secondary N) is 2. The van der Waals surface area contributed by atoms with E-state index >= 15 is 0 Å². The predicted molar refractivity (Wildman–Crippen MR) is 90.9 cm³/mol. The molecule has 9 heteroatoms. The summed E-state index contributed by atoms with van der Waals surface area (Å²) >= 11 is 0.976. The summed E-state index contributed by atoms with van der Waals surface area (Å²) in [6.07, 6.45) is 0. The number of hydrogen-bond acceptors (Lipinski definition) is 6. The van der Waals surface area contributed by atoms with Gasteiger partial charge < -0.3 is 10.1 Å². The van der Waals surface area contributed by atoms with Crippen molar-refractivity contribution in [1.29, 1.82) is 0 Å². The SMILES string of the molecule is CCNC(=O)c1cccc(NS(=O)(=O)c2ccsc2C(=O)OC)c1. The highest BCUT2D eigenvalue weighted by molar-refractivity contribution is 7.93. The fraction of sp³-hybridized carbons (Fsp3) is 0.200. The van der Waals surface area contributed by atoms with Gasteiger partial charge in [0.15, 0.2) is 0 Å². The van der Waals surface area contributed by atoms with Crippen molar-refractivity contribution in [3.8, 4) is 0 Å². The van der Waals surface area contributed by atoms with Crippen molar-refractivity contribution in [3.63, 3.8) is 0 Å². The van der Waals surface area contributed by atoms with E-state index in [9.17, 15) is 18.0 Å². The maximum atomic E-state index is 12.5. The Morgan fingerprint density at radius 2 is 2.00 bits per heavy atom. The fourth-order valence-corrected chi connectivity index (χ4v) is 4.33. The lowest BCUT2D eigenvalue weighted by Crippen LogP contribution is -2.23. The van der Waals surface area contributed by atoms with Crippen LogP contribution >= 0.6 is 11.3 Å². The van der Waals surface area contributed by atoms with Crippen LogP contribution in [0.15, 0.2) is 40.6 Å². The molecule has 0 bridgehead atoms. The maximum Gasteiger partial charge on any atom is 0.349 e. The van der Waals surface area contributed by atoms with E-state index < -0.39 is 16.0 Å². The molecule has 24 heavy (non-hydrogen) atoms. The van der Waals surface area contributed by atoms with Crippen molar-refractivity contribution in [3.05, 3.63) is 46.2 Å². The second-order valence-corrected chi connectivity index (χ2v) is 7.22. The number of carbonyl (C=O) groups excluding carboxylic acids is 2. The Hall–Kier alpha value is -2.39. The molecule has 0 unspecified atom stereocenters. The van der Waals surface area contributed by atoms with E-state index in [0.717, 1.165) is 11.3 Å². The van der Waals surface area contributed by atoms with E-state index in [0.29, 0.717) is 12.1 Å². The molecule has 0 radical (unpaired) electrons. The first-order valence-corrected chi connectivity index (χ1v) is 9.32. The van der Waals surface area contributed by atoms with Gasteiger partial charge in [-0.05, 0) is 36.6 Å². The Kier molecular flexibility index (Phi) is 5.58. The Labute approximate surface area is 143 Å². The molecule has 1 heterocycles. The summed E-state index contributed by atoms with van der Waals surface area (Å²) < 4.78 is 31.9. The second-order valence-electron chi connectivity index (χ2n) is 4.65. The average Bonchev–Trinajstić information content (AvgIpc) is 3.05. The van der Waals surface area contributed by atoms with Crippen LogP contribution < -0.4 is 10.0 Å². The molecule has 0 fully saturated rings. The van der Waals surface area contributed by atoms with Crippen LogP contribution in [-0.2, 0) is 14.8 Å². The van der Waals surface area contributed by atoms with Crippen LogP contribution in [0.5, 0.6) is 0 Å². The van der Waals surface area contributed by atoms with Crippen LogP contribution in [0.1, 0.15) is 27.0 Å². The molecule has 1 aromatic carbocycles. The summed E-state index contributed by atoms with van der Waals surface area (Å²) in [6, 6.07) is 7.41. The van der Waals surface area contributed by atoms with E-state index in [1.54, 1.807) is 19.1 Å². The topological polar surface area (TPSA) is 102 Å². The van der Waals surface area contributed by atoms with E-state index in [1.807, 2.05) is 0 Å². The van der Waals surface area contributed by atoms with Gasteiger partial charge in [-0.1, -0.05) is 6.07 Å². The number of carbonyl (C=O) groups is 2. The smallest absolute Gasteiger partial charge is 0.349 e. The number of rotatable bonds is 6. The number of amides is 1. The third-order valence-corrected chi connectivity index (χ3v) is 5.45. The van der Waals surface area contributed by atoms with Gasteiger partial charge in [-0.25, -0.2) is 13.2 Å². The van der Waals surface area contributed by atoms with Crippen molar-refractivity contribution in [2.45, 2.75) is 11.8 Å². The first kappa shape index (κ1) is 18.0. The van der Waals surface area contributed by atoms with Crippen LogP contribution in [0, 0.1) is 0 Å². The van der Waals surface area contributed by atoms with Crippen molar-refractivity contribution in [1.82, 2.24) is 5.32 Å². The summed E-state index contributed by atoms with van der Waals surface area (Å²) in [5, 5.41) is 4.13. The highest BCUT2D eigenvalue weighted by Crippen LogP contribution is 2.25. The molecule has 2 aromatic rings. The lowest BCUT2D eigenvalue weighted by atomic mass is 10.2. The van der Waals surface area contributed by atoms with Crippen molar-refractivity contribution >= 4 is 38.9 Å². The Balaban J connectivity index is 2.30. The fourth-order valence-electron chi connectivity index (χ4n) is 1.95. The number of benzene rings is 1. The number of ether oxygens (including phenoxy) is 1. The third kappa shape index (κ3) is 3.92. The van der Waals surface area contributed by atoms with E-state index in [-0.39, 0.29) is 21.4 Å². The molecule has 128 valence electrons. The molecule has 0 saturated carbocycles. The van der Waals surface area contributed by atoms with Crippen LogP contribution in [0.2, 0.25) is 0 Å². The zero-order valence-electron chi connectivity index (χ0n) is 13.0. The molecule has 0 saturated heterocycles. The molecule has 7 nitrogen and oxygen atoms in total. The van der Waals surface area contributed by atoms with Gasteiger partial charge in [0.25, 0.3) is 15.9 Å². The number of anilines is 1. The van der Waals surface area contributed by atoms with Crippen LogP contribution in [0.3, 0.4) is 0 Å². The Morgan fingerprint density at radius 3 is 2.67 bits per heavy atom. The molecular weight excluding hydrogens is 352 g/mol. The standard InChI is InChI=1S/C15H16N2O5S2/c1-3-16-14(18)10-5-4-6-11(9-10)17-24(20,21)12-7-8-23-13(12)15(19)22-2/h4-9,17H,3H2,1-2H3,(H,16,18). The van der Waals surface area contributed by atoms with Gasteiger partial charge >= 0.3 is 5.97 Å². The first-order chi connectivity index (χ1) is 11.4. The summed E-state index contributed by atoms with van der Waals surface area (Å²) in [5.74, 6) is -1.02. The number of methoxy groups -OCH3 is 1. The average molecular weight is 368 g/mol. The molecule has 0 aliphatic carbocycles. The highest BCUT2D eigenvalue weighted by Gasteiger charge is 2.24. The van der Waals surface area contributed by atoms with Crippen LogP contribution in [-0.4, -0.2) is 33.9 Å². The van der Waals surface area contributed by atoms with Crippen LogP contribution in [0.4, 0.5) is 5.69 Å². The molecule has 2 N–H and O–H groups in total. The predicted octanol–water partition coefficient (Wildman–Crippen LogP) is 2.09. The lowest BCUT2D eigenvalue weighted by molar-refractivity contribution is 0.0602. The largest absolute Gasteiger partial charge is 0.465 e. The monoisotopic (exact) mass is 368 g/mol. The number of esters is 1. The third-order valence-electron chi connectivity index (χ3n) is 3.00. The van der Waals surface area contributed by atoms with Crippen molar-refractivity contribution < 1.29 is 22.7 Å². The second kappa shape index (κ2) is 7.45. The molecule has 0 spiro atoms. The summed E-state index contributed by atoms with van der Waals surface area (Å²) in [5.41, 5.74) is 0.552. The van der Waals surface area contributed by atoms with Gasteiger partial charge in [0.2, 0.25) is 0 Å². The van der Waals surface area contributed by atoms with E-state index in [2.05, 4.69) is 14.8 Å². The molecule has 0 atom stereocenters. The zero-order chi connectivity index (χ0) is 17.7. The lowest BCUT2D eigenvalue weighted by Gasteiger charge is -2.09. The number of sulfonamides is 1. The van der Waals surface area contributed by atoms with Crippen molar-refractivity contribution in [2.24, 2.45) is 0 Å². The first-order valence-electron chi connectivity index (χ1n) is 6.96. The quantitative estimate of drug-likeness (QED) is 0.760. The highest BCUT2D eigenvalue weighted by atomic mass is 32.2. The summed E-state index contributed by atoms with van der Waals surface area (Å²) in [7, 11) is -2.80. The number of thiophene rings is 1. The molecule has 0 aliphatic rings. The van der Waals surface area contributed by atoms with Gasteiger partial charge in [-0.2, -0.15) is 0 Å². The van der Waals surface area contributed by atoms with Crippen molar-refractivity contribution in [2.75, 3.05) is 18.4 Å². The Morgan fingerprint density at radius 1 is 1.25 bits per heavy atom. The minimum Gasteiger partial charge on any atom is -0.465 e. The Bertz CT molecular complexity index is 858. The minimum atomic E-state index is -3.98. The summed E-state index contributed by atoms with van der Waals surface area (Å²) in [4.78, 5) is 23.3.